The van der Waals surface area contributed by atoms with Crippen LogP contribution >= 0.6 is 11.3 Å². The summed E-state index contributed by atoms with van der Waals surface area (Å²) in [5, 5.41) is 0.471. The van der Waals surface area contributed by atoms with Gasteiger partial charge in [0.15, 0.2) is 11.6 Å². The monoisotopic (exact) mass is 392 g/mol. The van der Waals surface area contributed by atoms with Crippen LogP contribution in [0.3, 0.4) is 0 Å². The van der Waals surface area contributed by atoms with Gasteiger partial charge >= 0.3 is 0 Å². The van der Waals surface area contributed by atoms with E-state index in [0.29, 0.717) is 22.2 Å². The fourth-order valence-corrected chi connectivity index (χ4v) is 3.66. The van der Waals surface area contributed by atoms with Gasteiger partial charge in [-0.05, 0) is 29.3 Å². The van der Waals surface area contributed by atoms with Crippen LogP contribution in [0.4, 0.5) is 8.78 Å². The standard InChI is InChI=1S/C22H14F2N2OS/c23-19-10-9-16(11-20(19)24)13-26-14-25-21-18(22(26)27)12-17(28-21)8-4-7-15-5-2-1-3-6-15/h1-3,5-6,9-12,14H,7,13H2. The summed E-state index contributed by atoms with van der Waals surface area (Å²) in [4.78, 5) is 18.4. The highest BCUT2D eigenvalue weighted by Gasteiger charge is 2.10. The third-order valence-corrected chi connectivity index (χ3v) is 5.16. The van der Waals surface area contributed by atoms with E-state index in [4.69, 9.17) is 0 Å². The first-order valence-corrected chi connectivity index (χ1v) is 9.37. The van der Waals surface area contributed by atoms with Crippen LogP contribution in [0.2, 0.25) is 0 Å². The number of thiophene rings is 1. The summed E-state index contributed by atoms with van der Waals surface area (Å²) in [5.74, 6) is 4.34. The van der Waals surface area contributed by atoms with E-state index < -0.39 is 11.6 Å². The maximum atomic E-state index is 13.4. The van der Waals surface area contributed by atoms with Gasteiger partial charge in [0.1, 0.15) is 4.83 Å². The summed E-state index contributed by atoms with van der Waals surface area (Å²) in [6.07, 6.45) is 2.05. The van der Waals surface area contributed by atoms with Gasteiger partial charge in [0.2, 0.25) is 0 Å². The molecule has 0 aliphatic carbocycles. The highest BCUT2D eigenvalue weighted by Crippen LogP contribution is 2.20. The molecule has 4 aromatic rings. The van der Waals surface area contributed by atoms with E-state index in [1.807, 2.05) is 30.3 Å². The number of rotatable bonds is 3. The average molecular weight is 392 g/mol. The topological polar surface area (TPSA) is 34.9 Å². The Morgan fingerprint density at radius 2 is 1.82 bits per heavy atom. The molecule has 0 saturated carbocycles. The molecule has 0 unspecified atom stereocenters. The molecule has 0 amide bonds. The molecular formula is C22H14F2N2OS. The van der Waals surface area contributed by atoms with Gasteiger partial charge in [0.05, 0.1) is 23.1 Å². The van der Waals surface area contributed by atoms with Crippen LogP contribution in [0.15, 0.2) is 65.7 Å². The van der Waals surface area contributed by atoms with Crippen LogP contribution in [0, 0.1) is 23.5 Å². The number of aromatic nitrogens is 2. The molecule has 0 radical (unpaired) electrons. The predicted molar refractivity (Wildman–Crippen MR) is 106 cm³/mol. The lowest BCUT2D eigenvalue weighted by Crippen LogP contribution is -2.20. The van der Waals surface area contributed by atoms with Crippen molar-refractivity contribution in [3.8, 4) is 11.8 Å². The van der Waals surface area contributed by atoms with Gasteiger partial charge in [-0.2, -0.15) is 0 Å². The van der Waals surface area contributed by atoms with Crippen molar-refractivity contribution >= 4 is 21.6 Å². The summed E-state index contributed by atoms with van der Waals surface area (Å²) in [6, 6.07) is 15.2. The Kier molecular flexibility index (Phi) is 5.00. The van der Waals surface area contributed by atoms with Gasteiger partial charge in [-0.1, -0.05) is 48.2 Å². The number of benzene rings is 2. The fraction of sp³-hybridized carbons (Fsp3) is 0.0909. The molecule has 0 fully saturated rings. The summed E-state index contributed by atoms with van der Waals surface area (Å²) >= 11 is 1.36. The van der Waals surface area contributed by atoms with Crippen LogP contribution in [0.25, 0.3) is 10.2 Å². The Morgan fingerprint density at radius 3 is 2.61 bits per heavy atom. The van der Waals surface area contributed by atoms with Gasteiger partial charge in [-0.15, -0.1) is 11.3 Å². The lowest BCUT2D eigenvalue weighted by molar-refractivity contribution is 0.506. The average Bonchev–Trinajstić information content (AvgIpc) is 3.12. The molecule has 0 saturated heterocycles. The van der Waals surface area contributed by atoms with Crippen LogP contribution < -0.4 is 5.56 Å². The Bertz CT molecular complexity index is 1270. The van der Waals surface area contributed by atoms with Crippen molar-refractivity contribution in [3.05, 3.63) is 98.9 Å². The molecule has 138 valence electrons. The molecule has 6 heteroatoms. The maximum Gasteiger partial charge on any atom is 0.262 e. The van der Waals surface area contributed by atoms with Crippen molar-refractivity contribution in [2.45, 2.75) is 13.0 Å². The van der Waals surface area contributed by atoms with Crippen molar-refractivity contribution in [2.24, 2.45) is 0 Å². The van der Waals surface area contributed by atoms with Gasteiger partial charge in [0.25, 0.3) is 5.56 Å². The highest BCUT2D eigenvalue weighted by molar-refractivity contribution is 7.19. The Morgan fingerprint density at radius 1 is 1.00 bits per heavy atom. The number of fused-ring (bicyclic) bond motifs is 1. The molecule has 0 bridgehead atoms. The molecular weight excluding hydrogens is 378 g/mol. The molecule has 2 heterocycles. The Balaban J connectivity index is 1.59. The van der Waals surface area contributed by atoms with Crippen molar-refractivity contribution < 1.29 is 8.78 Å². The largest absolute Gasteiger partial charge is 0.294 e. The highest BCUT2D eigenvalue weighted by atomic mass is 32.1. The zero-order chi connectivity index (χ0) is 19.5. The van der Waals surface area contributed by atoms with Crippen LogP contribution in [0.1, 0.15) is 16.0 Å². The van der Waals surface area contributed by atoms with Gasteiger partial charge < -0.3 is 0 Å². The number of halogens is 2. The SMILES string of the molecule is O=c1c2cc(C#CCc3ccccc3)sc2ncn1Cc1ccc(F)c(F)c1. The minimum absolute atomic E-state index is 0.115. The molecule has 0 spiro atoms. The minimum Gasteiger partial charge on any atom is -0.294 e. The fourth-order valence-electron chi connectivity index (χ4n) is 2.80. The maximum absolute atomic E-state index is 13.4. The molecule has 0 N–H and O–H groups in total. The second kappa shape index (κ2) is 7.75. The summed E-state index contributed by atoms with van der Waals surface area (Å²) in [7, 11) is 0. The lowest BCUT2D eigenvalue weighted by atomic mass is 10.2. The van der Waals surface area contributed by atoms with E-state index in [-0.39, 0.29) is 12.1 Å². The summed E-state index contributed by atoms with van der Waals surface area (Å²) in [5.41, 5.74) is 1.38. The quantitative estimate of drug-likeness (QED) is 0.485. The lowest BCUT2D eigenvalue weighted by Gasteiger charge is -2.05. The van der Waals surface area contributed by atoms with E-state index in [2.05, 4.69) is 16.8 Å². The van der Waals surface area contributed by atoms with Crippen molar-refractivity contribution in [3.63, 3.8) is 0 Å². The van der Waals surface area contributed by atoms with E-state index in [1.165, 1.54) is 28.3 Å². The number of nitrogens with zero attached hydrogens (tertiary/aromatic N) is 2. The molecule has 2 aromatic heterocycles. The van der Waals surface area contributed by atoms with E-state index >= 15 is 0 Å². The van der Waals surface area contributed by atoms with E-state index in [0.717, 1.165) is 22.6 Å². The number of hydrogen-bond acceptors (Lipinski definition) is 3. The molecule has 0 atom stereocenters. The van der Waals surface area contributed by atoms with Crippen LogP contribution in [-0.4, -0.2) is 9.55 Å². The smallest absolute Gasteiger partial charge is 0.262 e. The van der Waals surface area contributed by atoms with Gasteiger partial charge in [-0.3, -0.25) is 9.36 Å². The summed E-state index contributed by atoms with van der Waals surface area (Å²) in [6.45, 7) is 0.115. The second-order valence-corrected chi connectivity index (χ2v) is 7.25. The van der Waals surface area contributed by atoms with Crippen molar-refractivity contribution in [2.75, 3.05) is 0 Å². The van der Waals surface area contributed by atoms with Crippen molar-refractivity contribution in [1.82, 2.24) is 9.55 Å². The number of hydrogen-bond donors (Lipinski definition) is 0. The van der Waals surface area contributed by atoms with Crippen LogP contribution in [-0.2, 0) is 13.0 Å². The molecule has 0 aliphatic heterocycles. The molecule has 2 aromatic carbocycles. The molecule has 4 rings (SSSR count). The van der Waals surface area contributed by atoms with E-state index in [1.54, 1.807) is 6.07 Å². The Labute approximate surface area is 163 Å². The second-order valence-electron chi connectivity index (χ2n) is 6.22. The van der Waals surface area contributed by atoms with Gasteiger partial charge in [0, 0.05) is 6.42 Å². The van der Waals surface area contributed by atoms with Gasteiger partial charge in [-0.25, -0.2) is 13.8 Å². The normalized spacial score (nSPS) is 10.6. The third-order valence-electron chi connectivity index (χ3n) is 4.20. The zero-order valence-corrected chi connectivity index (χ0v) is 15.5. The van der Waals surface area contributed by atoms with E-state index in [9.17, 15) is 13.6 Å². The zero-order valence-electron chi connectivity index (χ0n) is 14.7. The molecule has 0 aliphatic rings. The molecule has 28 heavy (non-hydrogen) atoms. The van der Waals surface area contributed by atoms with Crippen molar-refractivity contribution in [1.29, 1.82) is 0 Å². The predicted octanol–water partition coefficient (Wildman–Crippen LogP) is 4.38. The first-order valence-electron chi connectivity index (χ1n) is 8.56. The minimum atomic E-state index is -0.939. The molecule has 3 nitrogen and oxygen atoms in total. The Hall–Kier alpha value is -3.30. The van der Waals surface area contributed by atoms with Crippen LogP contribution in [0.5, 0.6) is 0 Å². The first kappa shape index (κ1) is 18.1. The first-order chi connectivity index (χ1) is 13.6. The summed E-state index contributed by atoms with van der Waals surface area (Å²) < 4.78 is 27.8. The third kappa shape index (κ3) is 3.85.